The van der Waals surface area contributed by atoms with Crippen LogP contribution in [0.3, 0.4) is 0 Å². The van der Waals surface area contributed by atoms with E-state index in [1.807, 2.05) is 31.2 Å². The summed E-state index contributed by atoms with van der Waals surface area (Å²) in [6.07, 6.45) is 0.520. The zero-order valence-corrected chi connectivity index (χ0v) is 15.3. The molecule has 5 heteroatoms. The van der Waals surface area contributed by atoms with Gasteiger partial charge in [0, 0.05) is 10.4 Å². The molecular weight excluding hydrogens is 373 g/mol. The fourth-order valence-corrected chi connectivity index (χ4v) is 2.68. The second-order valence-corrected chi connectivity index (χ2v) is 7.15. The monoisotopic (exact) mass is 393 g/mol. The van der Waals surface area contributed by atoms with Crippen LogP contribution in [0.5, 0.6) is 0 Å². The van der Waals surface area contributed by atoms with Crippen LogP contribution in [-0.4, -0.2) is 17.6 Å². The average Bonchev–Trinajstić information content (AvgIpc) is 2.55. The van der Waals surface area contributed by atoms with Crippen LogP contribution in [0.4, 0.5) is 4.39 Å². The Hall–Kier alpha value is -1.72. The van der Waals surface area contributed by atoms with Crippen molar-refractivity contribution < 1.29 is 14.3 Å². The van der Waals surface area contributed by atoms with Gasteiger partial charge in [-0.1, -0.05) is 47.1 Å². The van der Waals surface area contributed by atoms with Gasteiger partial charge >= 0.3 is 0 Å². The summed E-state index contributed by atoms with van der Waals surface area (Å²) in [5, 5.41) is 13.3. The molecule has 3 nitrogen and oxygen atoms in total. The van der Waals surface area contributed by atoms with Gasteiger partial charge in [-0.2, -0.15) is 0 Å². The van der Waals surface area contributed by atoms with E-state index in [9.17, 15) is 14.3 Å². The van der Waals surface area contributed by atoms with E-state index in [1.165, 1.54) is 12.1 Å². The largest absolute Gasteiger partial charge is 0.384 e. The molecule has 0 aliphatic rings. The Bertz CT molecular complexity index is 684. The molecule has 0 bridgehead atoms. The van der Waals surface area contributed by atoms with Crippen molar-refractivity contribution in [3.05, 3.63) is 69.9 Å². The molecule has 0 spiro atoms. The molecule has 128 valence electrons. The normalized spacial score (nSPS) is 14.7. The van der Waals surface area contributed by atoms with E-state index in [2.05, 4.69) is 21.2 Å². The van der Waals surface area contributed by atoms with Crippen LogP contribution in [0, 0.1) is 11.7 Å². The molecule has 0 heterocycles. The Morgan fingerprint density at radius 3 is 2.38 bits per heavy atom. The topological polar surface area (TPSA) is 49.3 Å². The maximum absolute atomic E-state index is 12.9. The highest BCUT2D eigenvalue weighted by atomic mass is 79.9. The molecule has 0 aliphatic carbocycles. The van der Waals surface area contributed by atoms with E-state index in [0.717, 1.165) is 15.6 Å². The maximum Gasteiger partial charge on any atom is 0.223 e. The minimum absolute atomic E-state index is 0.126. The van der Waals surface area contributed by atoms with Crippen LogP contribution in [0.2, 0.25) is 0 Å². The Morgan fingerprint density at radius 1 is 1.21 bits per heavy atom. The number of carbonyl (C=O) groups excluding carboxylic acids is 1. The minimum Gasteiger partial charge on any atom is -0.384 e. The van der Waals surface area contributed by atoms with Crippen LogP contribution in [0.25, 0.3) is 0 Å². The minimum atomic E-state index is -1.15. The fourth-order valence-electron chi connectivity index (χ4n) is 2.41. The molecule has 0 aliphatic heterocycles. The second kappa shape index (κ2) is 7.90. The highest BCUT2D eigenvalue weighted by Crippen LogP contribution is 2.22. The number of hydrogen-bond acceptors (Lipinski definition) is 2. The van der Waals surface area contributed by atoms with Gasteiger partial charge < -0.3 is 10.4 Å². The molecule has 2 aromatic carbocycles. The molecule has 0 radical (unpaired) electrons. The quantitative estimate of drug-likeness (QED) is 0.783. The summed E-state index contributed by atoms with van der Waals surface area (Å²) in [7, 11) is 0. The van der Waals surface area contributed by atoms with Crippen molar-refractivity contribution in [1.82, 2.24) is 5.32 Å². The number of halogens is 2. The Kier molecular flexibility index (Phi) is 6.13. The lowest BCUT2D eigenvalue weighted by atomic mass is 9.95. The van der Waals surface area contributed by atoms with Crippen molar-refractivity contribution in [2.75, 3.05) is 6.54 Å². The van der Waals surface area contributed by atoms with Crippen LogP contribution >= 0.6 is 15.9 Å². The first-order valence-electron chi connectivity index (χ1n) is 7.78. The van der Waals surface area contributed by atoms with Crippen LogP contribution in [0.1, 0.15) is 25.0 Å². The number of aliphatic hydroxyl groups is 1. The van der Waals surface area contributed by atoms with E-state index in [4.69, 9.17) is 0 Å². The summed E-state index contributed by atoms with van der Waals surface area (Å²) in [4.78, 5) is 12.2. The van der Waals surface area contributed by atoms with Crippen LogP contribution in [-0.2, 0) is 16.8 Å². The van der Waals surface area contributed by atoms with Crippen molar-refractivity contribution >= 4 is 21.8 Å². The number of carbonyl (C=O) groups is 1. The first-order valence-corrected chi connectivity index (χ1v) is 8.58. The SMILES string of the molecule is CC(Cc1ccc(F)cc1)C(=O)NCC(C)(O)c1ccc(Br)cc1. The standard InChI is InChI=1S/C19H21BrFNO2/c1-13(11-14-3-9-17(21)10-4-14)18(23)22-12-19(2,24)15-5-7-16(20)8-6-15/h3-10,13,24H,11-12H2,1-2H3,(H,22,23). The third-order valence-corrected chi connectivity index (χ3v) is 4.50. The van der Waals surface area contributed by atoms with E-state index in [-0.39, 0.29) is 24.2 Å². The third-order valence-electron chi connectivity index (χ3n) is 3.98. The first-order chi connectivity index (χ1) is 11.3. The van der Waals surface area contributed by atoms with Crippen LogP contribution in [0.15, 0.2) is 53.0 Å². The van der Waals surface area contributed by atoms with Crippen LogP contribution < -0.4 is 5.32 Å². The predicted molar refractivity (Wildman–Crippen MR) is 96.0 cm³/mol. The van der Waals surface area contributed by atoms with Gasteiger partial charge in [-0.05, 0) is 48.7 Å². The fraction of sp³-hybridized carbons (Fsp3) is 0.316. The van der Waals surface area contributed by atoms with E-state index < -0.39 is 5.60 Å². The molecular formula is C19H21BrFNO2. The Labute approximate surface area is 150 Å². The number of rotatable bonds is 6. The number of benzene rings is 2. The van der Waals surface area contributed by atoms with Crippen molar-refractivity contribution in [2.45, 2.75) is 25.9 Å². The van der Waals surface area contributed by atoms with Gasteiger partial charge in [0.05, 0.1) is 6.54 Å². The van der Waals surface area contributed by atoms with E-state index >= 15 is 0 Å². The van der Waals surface area contributed by atoms with Gasteiger partial charge in [-0.25, -0.2) is 4.39 Å². The Balaban J connectivity index is 1.91. The molecule has 1 amide bonds. The highest BCUT2D eigenvalue weighted by molar-refractivity contribution is 9.10. The molecule has 24 heavy (non-hydrogen) atoms. The molecule has 0 saturated carbocycles. The smallest absolute Gasteiger partial charge is 0.223 e. The van der Waals surface area contributed by atoms with Crippen molar-refractivity contribution in [3.8, 4) is 0 Å². The van der Waals surface area contributed by atoms with Crippen molar-refractivity contribution in [1.29, 1.82) is 0 Å². The van der Waals surface area contributed by atoms with Gasteiger partial charge in [0.25, 0.3) is 0 Å². The molecule has 0 saturated heterocycles. The lowest BCUT2D eigenvalue weighted by Crippen LogP contribution is -2.41. The third kappa shape index (κ3) is 5.14. The van der Waals surface area contributed by atoms with Gasteiger partial charge in [0.15, 0.2) is 0 Å². The maximum atomic E-state index is 12.9. The van der Waals surface area contributed by atoms with Gasteiger partial charge in [0.2, 0.25) is 5.91 Å². The summed E-state index contributed by atoms with van der Waals surface area (Å²) in [5.74, 6) is -0.700. The summed E-state index contributed by atoms with van der Waals surface area (Å²) in [6, 6.07) is 13.5. The summed E-state index contributed by atoms with van der Waals surface area (Å²) < 4.78 is 13.8. The van der Waals surface area contributed by atoms with Gasteiger partial charge in [-0.15, -0.1) is 0 Å². The zero-order chi connectivity index (χ0) is 17.7. The summed E-state index contributed by atoms with van der Waals surface area (Å²) in [5.41, 5.74) is 0.488. The summed E-state index contributed by atoms with van der Waals surface area (Å²) in [6.45, 7) is 3.61. The van der Waals surface area contributed by atoms with Gasteiger partial charge in [0.1, 0.15) is 11.4 Å². The molecule has 0 fully saturated rings. The molecule has 2 rings (SSSR count). The van der Waals surface area contributed by atoms with Crippen molar-refractivity contribution in [2.24, 2.45) is 5.92 Å². The van der Waals surface area contributed by atoms with E-state index in [0.29, 0.717) is 6.42 Å². The second-order valence-electron chi connectivity index (χ2n) is 6.23. The van der Waals surface area contributed by atoms with Gasteiger partial charge in [-0.3, -0.25) is 4.79 Å². The number of nitrogens with one attached hydrogen (secondary N) is 1. The highest BCUT2D eigenvalue weighted by Gasteiger charge is 2.25. The lowest BCUT2D eigenvalue weighted by molar-refractivity contribution is -0.125. The average molecular weight is 394 g/mol. The molecule has 0 aromatic heterocycles. The first kappa shape index (κ1) is 18.6. The number of hydrogen-bond donors (Lipinski definition) is 2. The molecule has 2 aromatic rings. The molecule has 2 unspecified atom stereocenters. The van der Waals surface area contributed by atoms with E-state index in [1.54, 1.807) is 19.1 Å². The number of amides is 1. The molecule has 2 atom stereocenters. The lowest BCUT2D eigenvalue weighted by Gasteiger charge is -2.25. The summed E-state index contributed by atoms with van der Waals surface area (Å²) >= 11 is 3.35. The predicted octanol–water partition coefficient (Wildman–Crippen LogP) is 3.79. The molecule has 2 N–H and O–H groups in total. The van der Waals surface area contributed by atoms with Crippen molar-refractivity contribution in [3.63, 3.8) is 0 Å². The zero-order valence-electron chi connectivity index (χ0n) is 13.7. The Morgan fingerprint density at radius 2 is 1.79 bits per heavy atom.